The molecule has 0 saturated carbocycles. The van der Waals surface area contributed by atoms with Crippen LogP contribution < -0.4 is 28.6 Å². The summed E-state index contributed by atoms with van der Waals surface area (Å²) in [7, 11) is 8.09. The fraction of sp³-hybridized carbons (Fsp3) is 0.312. The van der Waals surface area contributed by atoms with Crippen LogP contribution in [0.2, 0.25) is 0 Å². The van der Waals surface area contributed by atoms with Crippen LogP contribution in [0, 0.1) is 0 Å². The average Bonchev–Trinajstić information content (AvgIpc) is 3.03. The van der Waals surface area contributed by atoms with Gasteiger partial charge in [0.15, 0.2) is 23.0 Å². The maximum absolute atomic E-state index is 13.9. The van der Waals surface area contributed by atoms with E-state index in [2.05, 4.69) is 4.90 Å². The van der Waals surface area contributed by atoms with Gasteiger partial charge >= 0.3 is 0 Å². The zero-order valence-corrected chi connectivity index (χ0v) is 24.1. The molecule has 0 radical (unpaired) electrons. The van der Waals surface area contributed by atoms with E-state index in [1.54, 1.807) is 41.7 Å². The number of anilines is 1. The van der Waals surface area contributed by atoms with Gasteiger partial charge in [0, 0.05) is 49.6 Å². The lowest BCUT2D eigenvalue weighted by Crippen LogP contribution is -2.49. The van der Waals surface area contributed by atoms with Crippen LogP contribution in [0.1, 0.15) is 21.6 Å². The topological polar surface area (TPSA) is 82.6 Å². The maximum Gasteiger partial charge on any atom is 0.256 e. The molecule has 4 aromatic rings. The second-order valence-electron chi connectivity index (χ2n) is 9.69. The van der Waals surface area contributed by atoms with Gasteiger partial charge in [-0.25, -0.2) is 0 Å². The molecule has 1 fully saturated rings. The second-order valence-corrected chi connectivity index (χ2v) is 9.69. The quantitative estimate of drug-likeness (QED) is 0.290. The third-order valence-electron chi connectivity index (χ3n) is 7.52. The highest BCUT2D eigenvalue weighted by Gasteiger charge is 2.26. The van der Waals surface area contributed by atoms with E-state index in [-0.39, 0.29) is 5.91 Å². The fourth-order valence-corrected chi connectivity index (χ4v) is 5.33. The van der Waals surface area contributed by atoms with E-state index in [1.165, 1.54) is 0 Å². The molecule has 1 aliphatic rings. The molecule has 0 N–H and O–H groups in total. The Labute approximate surface area is 240 Å². The monoisotopic (exact) mass is 557 g/mol. The Balaban J connectivity index is 1.47. The van der Waals surface area contributed by atoms with Crippen molar-refractivity contribution in [2.45, 2.75) is 6.42 Å². The number of carbonyl (C=O) groups is 1. The van der Waals surface area contributed by atoms with E-state index in [0.717, 1.165) is 33.5 Å². The summed E-state index contributed by atoms with van der Waals surface area (Å²) in [5.74, 6) is 3.20. The van der Waals surface area contributed by atoms with Crippen LogP contribution in [0.15, 0.2) is 60.8 Å². The van der Waals surface area contributed by atoms with Crippen LogP contribution >= 0.6 is 0 Å². The molecule has 0 unspecified atom stereocenters. The Hall–Kier alpha value is -4.66. The van der Waals surface area contributed by atoms with Gasteiger partial charge in [-0.1, -0.05) is 18.2 Å². The molecule has 0 aliphatic carbocycles. The largest absolute Gasteiger partial charge is 0.495 e. The first-order chi connectivity index (χ1) is 20.0. The molecular formula is C32H35N3O6. The molecule has 41 heavy (non-hydrogen) atoms. The minimum atomic E-state index is -0.0629. The lowest BCUT2D eigenvalue weighted by molar-refractivity contribution is 0.0748. The normalized spacial score (nSPS) is 13.2. The van der Waals surface area contributed by atoms with Gasteiger partial charge in [-0.05, 0) is 42.0 Å². The number of pyridine rings is 1. The predicted octanol–water partition coefficient (Wildman–Crippen LogP) is 4.83. The number of fused-ring (bicyclic) bond motifs is 1. The van der Waals surface area contributed by atoms with Crippen molar-refractivity contribution < 1.29 is 28.5 Å². The first-order valence-electron chi connectivity index (χ1n) is 13.4. The van der Waals surface area contributed by atoms with Crippen molar-refractivity contribution >= 4 is 22.4 Å². The highest BCUT2D eigenvalue weighted by Crippen LogP contribution is 2.37. The smallest absolute Gasteiger partial charge is 0.256 e. The number of methoxy groups -OCH3 is 5. The van der Waals surface area contributed by atoms with Crippen LogP contribution in [0.4, 0.5) is 5.69 Å². The number of nitrogens with zero attached hydrogens (tertiary/aromatic N) is 3. The molecule has 1 aromatic heterocycles. The molecule has 9 nitrogen and oxygen atoms in total. The van der Waals surface area contributed by atoms with Crippen LogP contribution in [-0.2, 0) is 6.42 Å². The van der Waals surface area contributed by atoms with E-state index in [1.807, 2.05) is 59.5 Å². The number of hydrogen-bond donors (Lipinski definition) is 0. The van der Waals surface area contributed by atoms with Crippen LogP contribution in [0.5, 0.6) is 28.7 Å². The Morgan fingerprint density at radius 1 is 0.707 bits per heavy atom. The first kappa shape index (κ1) is 27.9. The molecule has 3 aromatic carbocycles. The summed E-state index contributed by atoms with van der Waals surface area (Å²) < 4.78 is 27.6. The number of para-hydroxylation sites is 2. The maximum atomic E-state index is 13.9. The molecule has 0 bridgehead atoms. The number of aromatic nitrogens is 1. The summed E-state index contributed by atoms with van der Waals surface area (Å²) in [5.41, 5.74) is 3.37. The Morgan fingerprint density at radius 3 is 1.98 bits per heavy atom. The fourth-order valence-electron chi connectivity index (χ4n) is 5.33. The van der Waals surface area contributed by atoms with E-state index in [0.29, 0.717) is 61.2 Å². The van der Waals surface area contributed by atoms with Crippen molar-refractivity contribution in [3.05, 3.63) is 77.6 Å². The summed E-state index contributed by atoms with van der Waals surface area (Å²) in [6.07, 6.45) is 2.21. The summed E-state index contributed by atoms with van der Waals surface area (Å²) in [6.45, 7) is 2.57. The number of benzene rings is 3. The predicted molar refractivity (Wildman–Crippen MR) is 158 cm³/mol. The van der Waals surface area contributed by atoms with Crippen LogP contribution in [0.25, 0.3) is 10.8 Å². The zero-order valence-electron chi connectivity index (χ0n) is 24.1. The zero-order chi connectivity index (χ0) is 28.9. The molecule has 214 valence electrons. The summed E-state index contributed by atoms with van der Waals surface area (Å²) in [5, 5.41) is 1.60. The van der Waals surface area contributed by atoms with Crippen LogP contribution in [-0.4, -0.2) is 77.5 Å². The number of carbonyl (C=O) groups excluding carboxylic acids is 1. The van der Waals surface area contributed by atoms with Gasteiger partial charge in [0.05, 0.1) is 52.5 Å². The first-order valence-corrected chi connectivity index (χ1v) is 13.4. The molecule has 0 atom stereocenters. The third kappa shape index (κ3) is 5.52. The van der Waals surface area contributed by atoms with Gasteiger partial charge in [-0.15, -0.1) is 0 Å². The molecule has 0 spiro atoms. The average molecular weight is 558 g/mol. The van der Waals surface area contributed by atoms with Gasteiger partial charge < -0.3 is 33.5 Å². The number of amides is 1. The SMILES string of the molecule is COc1ccc(Cc2ncc(C(=O)N3CCN(c4ccccc4OC)CC3)c3cc(OC)c(OC)cc23)cc1OC. The molecule has 9 heteroatoms. The summed E-state index contributed by atoms with van der Waals surface area (Å²) >= 11 is 0. The van der Waals surface area contributed by atoms with Crippen molar-refractivity contribution in [1.29, 1.82) is 0 Å². The molecular weight excluding hydrogens is 522 g/mol. The number of ether oxygens (including phenoxy) is 5. The van der Waals surface area contributed by atoms with Crippen molar-refractivity contribution in [3.8, 4) is 28.7 Å². The molecule has 2 heterocycles. The van der Waals surface area contributed by atoms with E-state index in [4.69, 9.17) is 28.7 Å². The Morgan fingerprint density at radius 2 is 1.32 bits per heavy atom. The molecule has 5 rings (SSSR count). The molecule has 1 saturated heterocycles. The van der Waals surface area contributed by atoms with Gasteiger partial charge in [-0.3, -0.25) is 9.78 Å². The van der Waals surface area contributed by atoms with Crippen molar-refractivity contribution in [2.75, 3.05) is 66.6 Å². The Bertz CT molecular complexity index is 1550. The lowest BCUT2D eigenvalue weighted by Gasteiger charge is -2.36. The number of rotatable bonds is 9. The second kappa shape index (κ2) is 12.2. The van der Waals surface area contributed by atoms with Crippen molar-refractivity contribution in [2.24, 2.45) is 0 Å². The Kier molecular flexibility index (Phi) is 8.33. The summed E-state index contributed by atoms with van der Waals surface area (Å²) in [4.78, 5) is 22.8. The lowest BCUT2D eigenvalue weighted by atomic mass is 9.99. The van der Waals surface area contributed by atoms with Gasteiger partial charge in [0.1, 0.15) is 5.75 Å². The van der Waals surface area contributed by atoms with Crippen LogP contribution in [0.3, 0.4) is 0 Å². The highest BCUT2D eigenvalue weighted by molar-refractivity contribution is 6.08. The van der Waals surface area contributed by atoms with E-state index < -0.39 is 0 Å². The van der Waals surface area contributed by atoms with Gasteiger partial charge in [0.25, 0.3) is 5.91 Å². The standard InChI is InChI=1S/C32H35N3O6/c1-37-27-9-7-6-8-26(27)34-12-14-35(15-13-34)32(36)24-20-33-25(16-21-10-11-28(38-2)29(17-21)39-3)23-19-31(41-5)30(40-4)18-22(23)24/h6-11,17-20H,12-16H2,1-5H3. The third-order valence-corrected chi connectivity index (χ3v) is 7.52. The minimum absolute atomic E-state index is 0.0629. The molecule has 1 aliphatic heterocycles. The summed E-state index contributed by atoms with van der Waals surface area (Å²) in [6, 6.07) is 17.5. The molecule has 1 amide bonds. The van der Waals surface area contributed by atoms with Crippen molar-refractivity contribution in [3.63, 3.8) is 0 Å². The van der Waals surface area contributed by atoms with Crippen molar-refractivity contribution in [1.82, 2.24) is 9.88 Å². The van der Waals surface area contributed by atoms with E-state index in [9.17, 15) is 4.79 Å². The number of hydrogen-bond acceptors (Lipinski definition) is 8. The van der Waals surface area contributed by atoms with Gasteiger partial charge in [-0.2, -0.15) is 0 Å². The highest BCUT2D eigenvalue weighted by atomic mass is 16.5. The van der Waals surface area contributed by atoms with E-state index >= 15 is 0 Å². The van der Waals surface area contributed by atoms with Gasteiger partial charge in [0.2, 0.25) is 0 Å². The minimum Gasteiger partial charge on any atom is -0.495 e. The number of piperazine rings is 1.